The van der Waals surface area contributed by atoms with Crippen LogP contribution in [0.3, 0.4) is 0 Å². The Morgan fingerprint density at radius 2 is 1.83 bits per heavy atom. The predicted molar refractivity (Wildman–Crippen MR) is 65.3 cm³/mol. The van der Waals surface area contributed by atoms with Crippen molar-refractivity contribution in [1.29, 1.82) is 0 Å². The maximum absolute atomic E-state index is 12.5. The van der Waals surface area contributed by atoms with E-state index >= 15 is 0 Å². The molecular formula is C14H18F3N. The molecule has 1 aliphatic rings. The molecular weight excluding hydrogens is 239 g/mol. The molecule has 0 bridgehead atoms. The normalized spacial score (nSPS) is 25.1. The molecule has 1 aliphatic heterocycles. The molecule has 4 heteroatoms. The third-order valence-electron chi connectivity index (χ3n) is 3.60. The lowest BCUT2D eigenvalue weighted by Crippen LogP contribution is -2.44. The minimum atomic E-state index is -4.04. The number of rotatable bonds is 3. The van der Waals surface area contributed by atoms with E-state index in [1.165, 1.54) is 5.56 Å². The number of hydrogen-bond acceptors (Lipinski definition) is 1. The molecule has 1 saturated heterocycles. The summed E-state index contributed by atoms with van der Waals surface area (Å²) in [5.41, 5.74) is 1.25. The SMILES string of the molecule is FC(F)(F)C1CCC(CCc2ccccc2)NC1. The quantitative estimate of drug-likeness (QED) is 0.873. The Hall–Kier alpha value is -1.03. The molecule has 2 unspecified atom stereocenters. The van der Waals surface area contributed by atoms with Crippen LogP contribution in [0.15, 0.2) is 30.3 Å². The smallest absolute Gasteiger partial charge is 0.313 e. The minimum Gasteiger partial charge on any atom is -0.313 e. The summed E-state index contributed by atoms with van der Waals surface area (Å²) >= 11 is 0. The van der Waals surface area contributed by atoms with Crippen LogP contribution >= 0.6 is 0 Å². The zero-order chi connectivity index (χ0) is 13.0. The summed E-state index contributed by atoms with van der Waals surface area (Å²) in [5, 5.41) is 3.03. The van der Waals surface area contributed by atoms with Crippen molar-refractivity contribution in [3.63, 3.8) is 0 Å². The molecule has 0 amide bonds. The van der Waals surface area contributed by atoms with Gasteiger partial charge < -0.3 is 5.32 Å². The van der Waals surface area contributed by atoms with Crippen molar-refractivity contribution in [2.24, 2.45) is 5.92 Å². The standard InChI is InChI=1S/C14H18F3N/c15-14(16,17)12-7-9-13(18-10-12)8-6-11-4-2-1-3-5-11/h1-5,12-13,18H,6-10H2. The van der Waals surface area contributed by atoms with Gasteiger partial charge in [-0.25, -0.2) is 0 Å². The van der Waals surface area contributed by atoms with Crippen molar-refractivity contribution in [1.82, 2.24) is 5.32 Å². The van der Waals surface area contributed by atoms with Crippen LogP contribution in [0.25, 0.3) is 0 Å². The number of halogens is 3. The maximum atomic E-state index is 12.5. The van der Waals surface area contributed by atoms with E-state index < -0.39 is 12.1 Å². The highest BCUT2D eigenvalue weighted by molar-refractivity contribution is 5.14. The van der Waals surface area contributed by atoms with E-state index in [1.54, 1.807) is 0 Å². The van der Waals surface area contributed by atoms with Gasteiger partial charge in [0.25, 0.3) is 0 Å². The molecule has 1 fully saturated rings. The highest BCUT2D eigenvalue weighted by Crippen LogP contribution is 2.32. The van der Waals surface area contributed by atoms with Gasteiger partial charge in [0.15, 0.2) is 0 Å². The summed E-state index contributed by atoms with van der Waals surface area (Å²) in [7, 11) is 0. The Labute approximate surface area is 105 Å². The lowest BCUT2D eigenvalue weighted by atomic mass is 9.91. The Morgan fingerprint density at radius 1 is 1.11 bits per heavy atom. The van der Waals surface area contributed by atoms with Crippen LogP contribution in [0.4, 0.5) is 13.2 Å². The summed E-state index contributed by atoms with van der Waals surface area (Å²) in [6.45, 7) is 0.0724. The third kappa shape index (κ3) is 3.73. The second-order valence-electron chi connectivity index (χ2n) is 4.95. The monoisotopic (exact) mass is 257 g/mol. The first kappa shape index (κ1) is 13.4. The molecule has 1 heterocycles. The molecule has 18 heavy (non-hydrogen) atoms. The molecule has 100 valence electrons. The van der Waals surface area contributed by atoms with Gasteiger partial charge in [-0.3, -0.25) is 0 Å². The fraction of sp³-hybridized carbons (Fsp3) is 0.571. The van der Waals surface area contributed by atoms with Crippen LogP contribution < -0.4 is 5.32 Å². The van der Waals surface area contributed by atoms with Gasteiger partial charge in [-0.05, 0) is 31.2 Å². The van der Waals surface area contributed by atoms with Crippen molar-refractivity contribution in [2.75, 3.05) is 6.54 Å². The van der Waals surface area contributed by atoms with Gasteiger partial charge in [-0.2, -0.15) is 13.2 Å². The zero-order valence-electron chi connectivity index (χ0n) is 10.2. The highest BCUT2D eigenvalue weighted by atomic mass is 19.4. The average Bonchev–Trinajstić information content (AvgIpc) is 2.37. The number of hydrogen-bond donors (Lipinski definition) is 1. The molecule has 0 spiro atoms. The van der Waals surface area contributed by atoms with Gasteiger partial charge in [-0.15, -0.1) is 0 Å². The van der Waals surface area contributed by atoms with E-state index in [9.17, 15) is 13.2 Å². The van der Waals surface area contributed by atoms with Gasteiger partial charge >= 0.3 is 6.18 Å². The Kier molecular flexibility index (Phi) is 4.27. The molecule has 1 aromatic carbocycles. The molecule has 2 atom stereocenters. The zero-order valence-corrected chi connectivity index (χ0v) is 10.2. The first-order valence-corrected chi connectivity index (χ1v) is 6.40. The van der Waals surface area contributed by atoms with E-state index in [0.29, 0.717) is 6.42 Å². The first-order valence-electron chi connectivity index (χ1n) is 6.40. The Balaban J connectivity index is 1.74. The lowest BCUT2D eigenvalue weighted by Gasteiger charge is -2.31. The number of nitrogens with one attached hydrogen (secondary N) is 1. The number of aryl methyl sites for hydroxylation is 1. The largest absolute Gasteiger partial charge is 0.393 e. The van der Waals surface area contributed by atoms with E-state index in [4.69, 9.17) is 0 Å². The predicted octanol–water partition coefficient (Wildman–Crippen LogP) is 3.55. The van der Waals surface area contributed by atoms with E-state index in [0.717, 1.165) is 12.8 Å². The average molecular weight is 257 g/mol. The summed E-state index contributed by atoms with van der Waals surface area (Å²) in [4.78, 5) is 0. The van der Waals surface area contributed by atoms with Gasteiger partial charge in [0.1, 0.15) is 0 Å². The van der Waals surface area contributed by atoms with Crippen molar-refractivity contribution in [3.05, 3.63) is 35.9 Å². The molecule has 1 aromatic rings. The maximum Gasteiger partial charge on any atom is 0.393 e. The van der Waals surface area contributed by atoms with Crippen LogP contribution in [0.5, 0.6) is 0 Å². The van der Waals surface area contributed by atoms with Gasteiger partial charge in [-0.1, -0.05) is 30.3 Å². The number of piperidine rings is 1. The molecule has 0 aliphatic carbocycles. The molecule has 0 aromatic heterocycles. The lowest BCUT2D eigenvalue weighted by molar-refractivity contribution is -0.179. The number of alkyl halides is 3. The van der Waals surface area contributed by atoms with Crippen LogP contribution in [0.1, 0.15) is 24.8 Å². The summed E-state index contributed by atoms with van der Waals surface area (Å²) in [5.74, 6) is -1.16. The van der Waals surface area contributed by atoms with Crippen molar-refractivity contribution >= 4 is 0 Å². The molecule has 0 saturated carbocycles. The summed E-state index contributed by atoms with van der Waals surface area (Å²) < 4.78 is 37.4. The number of benzene rings is 1. The Bertz CT molecular complexity index is 353. The third-order valence-corrected chi connectivity index (χ3v) is 3.60. The second-order valence-corrected chi connectivity index (χ2v) is 4.95. The topological polar surface area (TPSA) is 12.0 Å². The molecule has 1 N–H and O–H groups in total. The van der Waals surface area contributed by atoms with Crippen LogP contribution in [-0.2, 0) is 6.42 Å². The fourth-order valence-electron chi connectivity index (χ4n) is 2.43. The molecule has 1 nitrogen and oxygen atoms in total. The highest BCUT2D eigenvalue weighted by Gasteiger charge is 2.41. The van der Waals surface area contributed by atoms with Crippen molar-refractivity contribution in [2.45, 2.75) is 37.9 Å². The van der Waals surface area contributed by atoms with Crippen molar-refractivity contribution in [3.8, 4) is 0 Å². The van der Waals surface area contributed by atoms with Gasteiger partial charge in [0.05, 0.1) is 5.92 Å². The summed E-state index contributed by atoms with van der Waals surface area (Å²) in [6, 6.07) is 10.3. The van der Waals surface area contributed by atoms with Crippen LogP contribution in [0.2, 0.25) is 0 Å². The van der Waals surface area contributed by atoms with Crippen LogP contribution in [-0.4, -0.2) is 18.8 Å². The van der Waals surface area contributed by atoms with E-state index in [-0.39, 0.29) is 19.0 Å². The first-order chi connectivity index (χ1) is 8.55. The summed E-state index contributed by atoms with van der Waals surface area (Å²) in [6.07, 6.45) is -1.33. The van der Waals surface area contributed by atoms with Crippen molar-refractivity contribution < 1.29 is 13.2 Å². The second kappa shape index (κ2) is 5.74. The fourth-order valence-corrected chi connectivity index (χ4v) is 2.43. The van der Waals surface area contributed by atoms with Gasteiger partial charge in [0.2, 0.25) is 0 Å². The van der Waals surface area contributed by atoms with Gasteiger partial charge in [0, 0.05) is 12.6 Å². The Morgan fingerprint density at radius 3 is 2.39 bits per heavy atom. The van der Waals surface area contributed by atoms with Crippen LogP contribution in [0, 0.1) is 5.92 Å². The molecule has 0 radical (unpaired) electrons. The van der Waals surface area contributed by atoms with E-state index in [2.05, 4.69) is 17.4 Å². The minimum absolute atomic E-state index is 0.0724. The molecule has 2 rings (SSSR count). The van der Waals surface area contributed by atoms with E-state index in [1.807, 2.05) is 18.2 Å².